The fourth-order valence-corrected chi connectivity index (χ4v) is 2.33. The second kappa shape index (κ2) is 9.34. The molecule has 128 valence electrons. The minimum Gasteiger partial charge on any atom is -0.449 e. The molecule has 0 bridgehead atoms. The number of aromatic nitrogens is 2. The van der Waals surface area contributed by atoms with Crippen LogP contribution in [-0.4, -0.2) is 41.6 Å². The SMILES string of the molecule is CCCCNCC(C=O)OC(=O)c1cc(-c2ccc(Br)cc2)[nH]n1. The van der Waals surface area contributed by atoms with E-state index in [2.05, 4.69) is 38.4 Å². The average molecular weight is 394 g/mol. The Hall–Kier alpha value is -1.99. The molecule has 0 amide bonds. The summed E-state index contributed by atoms with van der Waals surface area (Å²) in [5, 5.41) is 9.86. The summed E-state index contributed by atoms with van der Waals surface area (Å²) in [4.78, 5) is 23.1. The lowest BCUT2D eigenvalue weighted by Crippen LogP contribution is -2.32. The van der Waals surface area contributed by atoms with Crippen LogP contribution in [0.3, 0.4) is 0 Å². The van der Waals surface area contributed by atoms with Crippen molar-refractivity contribution in [2.45, 2.75) is 25.9 Å². The van der Waals surface area contributed by atoms with E-state index >= 15 is 0 Å². The first-order chi connectivity index (χ1) is 11.6. The van der Waals surface area contributed by atoms with E-state index in [9.17, 15) is 9.59 Å². The summed E-state index contributed by atoms with van der Waals surface area (Å²) in [5.41, 5.74) is 1.75. The Morgan fingerprint density at radius 1 is 1.42 bits per heavy atom. The summed E-state index contributed by atoms with van der Waals surface area (Å²) in [7, 11) is 0. The topological polar surface area (TPSA) is 84.1 Å². The zero-order chi connectivity index (χ0) is 17.4. The Bertz CT molecular complexity index is 670. The van der Waals surface area contributed by atoms with Crippen molar-refractivity contribution in [3.8, 4) is 11.3 Å². The molecule has 0 saturated heterocycles. The number of aromatic amines is 1. The summed E-state index contributed by atoms with van der Waals surface area (Å²) in [6.07, 6.45) is 1.88. The third-order valence-corrected chi connectivity index (χ3v) is 3.93. The molecule has 6 nitrogen and oxygen atoms in total. The number of nitrogens with zero attached hydrogens (tertiary/aromatic N) is 1. The van der Waals surface area contributed by atoms with Gasteiger partial charge < -0.3 is 10.1 Å². The molecular formula is C17H20BrN3O3. The van der Waals surface area contributed by atoms with Crippen molar-refractivity contribution < 1.29 is 14.3 Å². The number of rotatable bonds is 9. The van der Waals surface area contributed by atoms with Crippen molar-refractivity contribution in [1.29, 1.82) is 0 Å². The van der Waals surface area contributed by atoms with Gasteiger partial charge in [0.15, 0.2) is 18.1 Å². The van der Waals surface area contributed by atoms with Gasteiger partial charge in [-0.05, 0) is 36.7 Å². The van der Waals surface area contributed by atoms with Crippen LogP contribution < -0.4 is 5.32 Å². The maximum atomic E-state index is 12.1. The van der Waals surface area contributed by atoms with E-state index in [1.165, 1.54) is 0 Å². The van der Waals surface area contributed by atoms with Crippen LogP contribution in [0.2, 0.25) is 0 Å². The third kappa shape index (κ3) is 5.28. The molecule has 24 heavy (non-hydrogen) atoms. The summed E-state index contributed by atoms with van der Waals surface area (Å²) in [6, 6.07) is 9.21. The highest BCUT2D eigenvalue weighted by Crippen LogP contribution is 2.20. The average Bonchev–Trinajstić information content (AvgIpc) is 3.08. The van der Waals surface area contributed by atoms with Gasteiger partial charge in [0.25, 0.3) is 0 Å². The van der Waals surface area contributed by atoms with E-state index in [0.29, 0.717) is 18.5 Å². The maximum absolute atomic E-state index is 12.1. The molecule has 0 spiro atoms. The Morgan fingerprint density at radius 2 is 2.17 bits per heavy atom. The van der Waals surface area contributed by atoms with Crippen molar-refractivity contribution in [2.75, 3.05) is 13.1 Å². The molecular weight excluding hydrogens is 374 g/mol. The Labute approximate surface area is 149 Å². The minimum atomic E-state index is -0.817. The van der Waals surface area contributed by atoms with Gasteiger partial charge >= 0.3 is 5.97 Å². The van der Waals surface area contributed by atoms with Crippen LogP contribution in [0.4, 0.5) is 0 Å². The highest BCUT2D eigenvalue weighted by Gasteiger charge is 2.18. The van der Waals surface area contributed by atoms with E-state index in [0.717, 1.165) is 29.4 Å². The molecule has 7 heteroatoms. The Balaban J connectivity index is 1.94. The fourth-order valence-electron chi connectivity index (χ4n) is 2.07. The number of unbranched alkanes of at least 4 members (excludes halogenated alkanes) is 1. The lowest BCUT2D eigenvalue weighted by molar-refractivity contribution is -0.115. The first kappa shape index (κ1) is 18.4. The van der Waals surface area contributed by atoms with Crippen LogP contribution in [-0.2, 0) is 9.53 Å². The van der Waals surface area contributed by atoms with E-state index in [-0.39, 0.29) is 5.69 Å². The Morgan fingerprint density at radius 3 is 2.83 bits per heavy atom. The number of halogens is 1. The molecule has 1 aromatic heterocycles. The van der Waals surface area contributed by atoms with Crippen molar-refractivity contribution in [1.82, 2.24) is 15.5 Å². The van der Waals surface area contributed by atoms with Crippen molar-refractivity contribution in [2.24, 2.45) is 0 Å². The van der Waals surface area contributed by atoms with E-state index in [1.54, 1.807) is 6.07 Å². The number of H-pyrrole nitrogens is 1. The molecule has 0 radical (unpaired) electrons. The number of carbonyl (C=O) groups excluding carboxylic acids is 2. The zero-order valence-electron chi connectivity index (χ0n) is 13.4. The highest BCUT2D eigenvalue weighted by atomic mass is 79.9. The fraction of sp³-hybridized carbons (Fsp3) is 0.353. The summed E-state index contributed by atoms with van der Waals surface area (Å²) >= 11 is 3.37. The molecule has 1 atom stereocenters. The largest absolute Gasteiger partial charge is 0.449 e. The van der Waals surface area contributed by atoms with Crippen LogP contribution in [0, 0.1) is 0 Å². The zero-order valence-corrected chi connectivity index (χ0v) is 15.0. The van der Waals surface area contributed by atoms with Gasteiger partial charge in [0, 0.05) is 11.0 Å². The first-order valence-corrected chi connectivity index (χ1v) is 8.61. The first-order valence-electron chi connectivity index (χ1n) is 7.82. The van der Waals surface area contributed by atoms with Crippen molar-refractivity contribution in [3.63, 3.8) is 0 Å². The number of benzene rings is 1. The lowest BCUT2D eigenvalue weighted by Gasteiger charge is -2.11. The number of carbonyl (C=O) groups is 2. The van der Waals surface area contributed by atoms with Crippen molar-refractivity contribution >= 4 is 28.2 Å². The molecule has 1 unspecified atom stereocenters. The van der Waals surface area contributed by atoms with Crippen LogP contribution in [0.1, 0.15) is 30.3 Å². The number of ether oxygens (including phenoxy) is 1. The molecule has 2 aromatic rings. The van der Waals surface area contributed by atoms with E-state index in [1.807, 2.05) is 24.3 Å². The summed E-state index contributed by atoms with van der Waals surface area (Å²) in [5.74, 6) is -0.621. The van der Waals surface area contributed by atoms with Gasteiger partial charge in [0.05, 0.1) is 5.69 Å². The molecule has 0 fully saturated rings. The maximum Gasteiger partial charge on any atom is 0.359 e. The van der Waals surface area contributed by atoms with Crippen LogP contribution in [0.25, 0.3) is 11.3 Å². The molecule has 1 heterocycles. The third-order valence-electron chi connectivity index (χ3n) is 3.41. The number of nitrogens with one attached hydrogen (secondary N) is 2. The monoisotopic (exact) mass is 393 g/mol. The summed E-state index contributed by atoms with van der Waals surface area (Å²) < 4.78 is 6.14. The molecule has 1 aromatic carbocycles. The van der Waals surface area contributed by atoms with Crippen molar-refractivity contribution in [3.05, 3.63) is 40.5 Å². The normalized spacial score (nSPS) is 11.9. The molecule has 2 rings (SSSR count). The van der Waals surface area contributed by atoms with Gasteiger partial charge in [0.1, 0.15) is 0 Å². The number of hydrogen-bond acceptors (Lipinski definition) is 5. The minimum absolute atomic E-state index is 0.147. The Kier molecular flexibility index (Phi) is 7.14. The molecule has 0 aliphatic carbocycles. The molecule has 0 aliphatic heterocycles. The van der Waals surface area contributed by atoms with E-state index in [4.69, 9.17) is 4.74 Å². The molecule has 0 saturated carbocycles. The lowest BCUT2D eigenvalue weighted by atomic mass is 10.1. The predicted octanol–water partition coefficient (Wildman–Crippen LogP) is 2.95. The van der Waals surface area contributed by atoms with Gasteiger partial charge in [-0.15, -0.1) is 0 Å². The number of esters is 1. The van der Waals surface area contributed by atoms with Gasteiger partial charge in [-0.2, -0.15) is 5.10 Å². The number of hydrogen-bond donors (Lipinski definition) is 2. The standard InChI is InChI=1S/C17H20BrN3O3/c1-2-3-8-19-10-14(11-22)24-17(23)16-9-15(20-21-16)12-4-6-13(18)7-5-12/h4-7,9,11,14,19H,2-3,8,10H2,1H3,(H,20,21). The van der Waals surface area contributed by atoms with Crippen LogP contribution in [0.15, 0.2) is 34.8 Å². The second-order valence-corrected chi connectivity index (χ2v) is 6.23. The van der Waals surface area contributed by atoms with Crippen LogP contribution in [0.5, 0.6) is 0 Å². The molecule has 0 aliphatic rings. The van der Waals surface area contributed by atoms with Gasteiger partial charge in [-0.3, -0.25) is 9.89 Å². The van der Waals surface area contributed by atoms with Gasteiger partial charge in [-0.1, -0.05) is 41.4 Å². The van der Waals surface area contributed by atoms with E-state index < -0.39 is 12.1 Å². The quantitative estimate of drug-likeness (QED) is 0.388. The molecule has 2 N–H and O–H groups in total. The summed E-state index contributed by atoms with van der Waals surface area (Å²) in [6.45, 7) is 3.17. The predicted molar refractivity (Wildman–Crippen MR) is 94.8 cm³/mol. The number of aldehydes is 1. The smallest absolute Gasteiger partial charge is 0.359 e. The highest BCUT2D eigenvalue weighted by molar-refractivity contribution is 9.10. The van der Waals surface area contributed by atoms with Gasteiger partial charge in [-0.25, -0.2) is 4.79 Å². The van der Waals surface area contributed by atoms with Crippen LogP contribution >= 0.6 is 15.9 Å². The second-order valence-electron chi connectivity index (χ2n) is 5.31. The van der Waals surface area contributed by atoms with Gasteiger partial charge in [0.2, 0.25) is 0 Å².